The molecule has 284 valence electrons. The summed E-state index contributed by atoms with van der Waals surface area (Å²) in [5.74, 6) is 1.51. The van der Waals surface area contributed by atoms with Crippen molar-refractivity contribution in [2.45, 2.75) is 101 Å². The van der Waals surface area contributed by atoms with Gasteiger partial charge in [0.15, 0.2) is 19.7 Å². The average molecular weight is 761 g/mol. The monoisotopic (exact) mass is 760 g/mol. The van der Waals surface area contributed by atoms with Crippen LogP contribution in [0.4, 0.5) is 22.7 Å². The van der Waals surface area contributed by atoms with E-state index in [1.54, 1.807) is 97.1 Å². The first kappa shape index (κ1) is 41.3. The highest BCUT2D eigenvalue weighted by Crippen LogP contribution is 2.26. The summed E-state index contributed by atoms with van der Waals surface area (Å²) >= 11 is 0. The minimum atomic E-state index is -3.31. The maximum absolute atomic E-state index is 12.7. The number of hydrogen-bond acceptors (Lipinski definition) is 10. The van der Waals surface area contributed by atoms with E-state index in [2.05, 4.69) is 34.3 Å². The number of unbranched alkanes of at least 4 members (excludes halogenated alkanes) is 10. The van der Waals surface area contributed by atoms with Crippen molar-refractivity contribution < 1.29 is 26.3 Å². The number of sulfone groups is 2. The van der Waals surface area contributed by atoms with Crippen LogP contribution in [0.15, 0.2) is 127 Å². The summed E-state index contributed by atoms with van der Waals surface area (Å²) in [7, 11) is -6.62. The predicted molar refractivity (Wildman–Crippen MR) is 211 cm³/mol. The summed E-state index contributed by atoms with van der Waals surface area (Å²) in [6, 6.07) is 27.1. The van der Waals surface area contributed by atoms with Gasteiger partial charge in [-0.2, -0.15) is 20.5 Å². The summed E-state index contributed by atoms with van der Waals surface area (Å²) in [6.45, 7) is 4.32. The largest absolute Gasteiger partial charge is 0.458 e. The van der Waals surface area contributed by atoms with Crippen molar-refractivity contribution in [3.8, 4) is 11.5 Å². The fourth-order valence-corrected chi connectivity index (χ4v) is 8.18. The molecule has 10 nitrogen and oxygen atoms in total. The van der Waals surface area contributed by atoms with Crippen LogP contribution in [0.5, 0.6) is 11.5 Å². The molecule has 0 amide bonds. The fraction of sp³-hybridized carbons (Fsp3) is 0.415. The highest BCUT2D eigenvalue weighted by molar-refractivity contribution is 7.91. The third-order valence-electron chi connectivity index (χ3n) is 8.61. The highest BCUT2D eigenvalue weighted by atomic mass is 32.2. The predicted octanol–water partition coefficient (Wildman–Crippen LogP) is 12.2. The second kappa shape index (κ2) is 21.9. The van der Waals surface area contributed by atoms with Gasteiger partial charge in [0.25, 0.3) is 0 Å². The third kappa shape index (κ3) is 14.9. The van der Waals surface area contributed by atoms with Crippen molar-refractivity contribution in [1.82, 2.24) is 0 Å². The van der Waals surface area contributed by atoms with Crippen LogP contribution in [0, 0.1) is 0 Å². The highest BCUT2D eigenvalue weighted by Gasteiger charge is 2.15. The van der Waals surface area contributed by atoms with E-state index in [9.17, 15) is 16.8 Å². The number of hydrogen-bond donors (Lipinski definition) is 0. The maximum Gasteiger partial charge on any atom is 0.230 e. The molecular weight excluding hydrogens is 709 g/mol. The van der Waals surface area contributed by atoms with Crippen LogP contribution in [0.3, 0.4) is 0 Å². The smallest absolute Gasteiger partial charge is 0.230 e. The van der Waals surface area contributed by atoms with Gasteiger partial charge in [0, 0.05) is 0 Å². The topological polar surface area (TPSA) is 136 Å². The first-order valence-electron chi connectivity index (χ1n) is 18.6. The fourth-order valence-electron chi connectivity index (χ4n) is 5.44. The molecule has 4 rings (SSSR count). The van der Waals surface area contributed by atoms with Gasteiger partial charge >= 0.3 is 0 Å². The Labute approximate surface area is 315 Å². The number of ether oxygens (including phenoxy) is 2. The van der Waals surface area contributed by atoms with Crippen molar-refractivity contribution in [3.05, 3.63) is 97.1 Å². The van der Waals surface area contributed by atoms with Crippen LogP contribution >= 0.6 is 0 Å². The zero-order valence-electron chi connectivity index (χ0n) is 30.9. The van der Waals surface area contributed by atoms with Crippen LogP contribution < -0.4 is 9.47 Å². The Hall–Kier alpha value is -4.42. The molecular formula is C41H52N4O6S2. The molecule has 0 radical (unpaired) electrons. The van der Waals surface area contributed by atoms with Crippen LogP contribution in [0.25, 0.3) is 0 Å². The van der Waals surface area contributed by atoms with Crippen molar-refractivity contribution in [3.63, 3.8) is 0 Å². The van der Waals surface area contributed by atoms with E-state index in [-0.39, 0.29) is 18.3 Å². The van der Waals surface area contributed by atoms with Gasteiger partial charge in [-0.25, -0.2) is 16.8 Å². The van der Waals surface area contributed by atoms with Crippen molar-refractivity contribution in [1.29, 1.82) is 0 Å². The Morgan fingerprint density at radius 2 is 0.679 bits per heavy atom. The number of azo groups is 2. The number of nitrogens with zero attached hydrogens (tertiary/aromatic N) is 4. The molecule has 0 heterocycles. The van der Waals surface area contributed by atoms with Crippen LogP contribution in [-0.4, -0.2) is 35.1 Å². The molecule has 0 bridgehead atoms. The molecule has 0 saturated carbocycles. The van der Waals surface area contributed by atoms with Gasteiger partial charge in [0.05, 0.1) is 44.0 Å². The molecule has 0 fully saturated rings. The lowest BCUT2D eigenvalue weighted by molar-refractivity contribution is 0.120. The van der Waals surface area contributed by atoms with E-state index < -0.39 is 19.7 Å². The molecule has 53 heavy (non-hydrogen) atoms. The van der Waals surface area contributed by atoms with Gasteiger partial charge in [-0.15, -0.1) is 0 Å². The van der Waals surface area contributed by atoms with Crippen molar-refractivity contribution in [2.24, 2.45) is 20.5 Å². The Bertz CT molecular complexity index is 1790. The summed E-state index contributed by atoms with van der Waals surface area (Å²) in [5, 5.41) is 17.0. The first-order chi connectivity index (χ1) is 25.7. The van der Waals surface area contributed by atoms with E-state index >= 15 is 0 Å². The van der Waals surface area contributed by atoms with Gasteiger partial charge in [-0.3, -0.25) is 0 Å². The minimum absolute atomic E-state index is 0.00996. The molecule has 0 aliphatic rings. The lowest BCUT2D eigenvalue weighted by atomic mass is 10.1. The van der Waals surface area contributed by atoms with Crippen LogP contribution in [0.2, 0.25) is 0 Å². The molecule has 4 aromatic carbocycles. The van der Waals surface area contributed by atoms with E-state index in [1.807, 2.05) is 0 Å². The van der Waals surface area contributed by atoms with Crippen molar-refractivity contribution >= 4 is 42.4 Å². The minimum Gasteiger partial charge on any atom is -0.458 e. The van der Waals surface area contributed by atoms with Crippen molar-refractivity contribution in [2.75, 3.05) is 18.3 Å². The lowest BCUT2D eigenvalue weighted by Crippen LogP contribution is -2.06. The molecule has 0 spiro atoms. The second-order valence-electron chi connectivity index (χ2n) is 13.0. The summed E-state index contributed by atoms with van der Waals surface area (Å²) in [4.78, 5) is 0.617. The van der Waals surface area contributed by atoms with Gasteiger partial charge < -0.3 is 9.47 Å². The molecule has 0 aliphatic carbocycles. The van der Waals surface area contributed by atoms with E-state index in [0.29, 0.717) is 56.9 Å². The zero-order chi connectivity index (χ0) is 37.8. The Balaban J connectivity index is 1.17. The average Bonchev–Trinajstić information content (AvgIpc) is 3.17. The van der Waals surface area contributed by atoms with E-state index in [0.717, 1.165) is 38.5 Å². The summed E-state index contributed by atoms with van der Waals surface area (Å²) < 4.78 is 62.0. The molecule has 0 N–H and O–H groups in total. The van der Waals surface area contributed by atoms with Gasteiger partial charge in [0.1, 0.15) is 11.5 Å². The molecule has 12 heteroatoms. The van der Waals surface area contributed by atoms with E-state index in [4.69, 9.17) is 9.47 Å². The zero-order valence-corrected chi connectivity index (χ0v) is 32.5. The summed E-state index contributed by atoms with van der Waals surface area (Å²) in [5.41, 5.74) is 2.36. The molecule has 0 saturated heterocycles. The normalized spacial score (nSPS) is 12.1. The second-order valence-corrected chi connectivity index (χ2v) is 17.2. The Morgan fingerprint density at radius 3 is 1.00 bits per heavy atom. The van der Waals surface area contributed by atoms with Gasteiger partial charge in [-0.1, -0.05) is 78.1 Å². The Kier molecular flexibility index (Phi) is 17.1. The number of benzene rings is 4. The molecule has 0 unspecified atom stereocenters. The molecule has 4 aromatic rings. The molecule has 0 aliphatic heterocycles. The quantitative estimate of drug-likeness (QED) is 0.0396. The first-order valence-corrected chi connectivity index (χ1v) is 21.9. The van der Waals surface area contributed by atoms with Gasteiger partial charge in [-0.05, 0) is 110 Å². The Morgan fingerprint density at radius 1 is 0.396 bits per heavy atom. The summed E-state index contributed by atoms with van der Waals surface area (Å²) in [6.07, 6.45) is 12.4. The lowest BCUT2D eigenvalue weighted by Gasteiger charge is -2.08. The van der Waals surface area contributed by atoms with Gasteiger partial charge in [0.2, 0.25) is 6.79 Å². The number of rotatable bonds is 24. The maximum atomic E-state index is 12.7. The van der Waals surface area contributed by atoms with E-state index in [1.165, 1.54) is 25.7 Å². The molecule has 0 aromatic heterocycles. The standard InChI is InChI=1S/C41H52N4O6S2/c1-3-5-7-9-11-13-31-52(46,47)40-27-19-36(20-28-40)44-42-34-15-23-38(24-16-34)50-33-51-39-25-17-35(18-26-39)43-45-37-21-29-41(30-22-37)53(48,49)32-14-12-10-8-6-4-2/h15-30H,3-14,31-33H2,1-2H3. The SMILES string of the molecule is CCCCCCCCS(=O)(=O)c1ccc(N=Nc2ccc(OCOc3ccc(N=Nc4ccc(S(=O)(=O)CCCCCCCC)cc4)cc3)cc2)cc1. The van der Waals surface area contributed by atoms with Crippen LogP contribution in [-0.2, 0) is 19.7 Å². The molecule has 0 atom stereocenters. The third-order valence-corrected chi connectivity index (χ3v) is 12.2. The van der Waals surface area contributed by atoms with Crippen LogP contribution in [0.1, 0.15) is 90.9 Å².